The zero-order chi connectivity index (χ0) is 22.0. The van der Waals surface area contributed by atoms with Crippen molar-refractivity contribution in [2.75, 3.05) is 24.3 Å². The van der Waals surface area contributed by atoms with Crippen molar-refractivity contribution in [3.63, 3.8) is 0 Å². The molecule has 0 aliphatic heterocycles. The van der Waals surface area contributed by atoms with E-state index in [4.69, 9.17) is 4.42 Å². The van der Waals surface area contributed by atoms with Crippen LogP contribution in [0.3, 0.4) is 0 Å². The molecule has 0 radical (unpaired) electrons. The van der Waals surface area contributed by atoms with Crippen LogP contribution in [0.1, 0.15) is 44.9 Å². The highest BCUT2D eigenvalue weighted by Gasteiger charge is 2.33. The van der Waals surface area contributed by atoms with Crippen molar-refractivity contribution in [3.8, 4) is 0 Å². The van der Waals surface area contributed by atoms with E-state index >= 15 is 0 Å². The molecule has 1 N–H and O–H groups in total. The summed E-state index contributed by atoms with van der Waals surface area (Å²) in [6.07, 6.45) is 3.51. The van der Waals surface area contributed by atoms with Crippen molar-refractivity contribution in [2.45, 2.75) is 32.4 Å². The molecule has 160 valence electrons. The Bertz CT molecular complexity index is 1090. The summed E-state index contributed by atoms with van der Waals surface area (Å²) in [6.45, 7) is 2.48. The van der Waals surface area contributed by atoms with Crippen LogP contribution < -0.4 is 10.2 Å². The third-order valence-electron chi connectivity index (χ3n) is 5.42. The van der Waals surface area contributed by atoms with Gasteiger partial charge in [-0.15, -0.1) is 0 Å². The number of amides is 2. The van der Waals surface area contributed by atoms with Gasteiger partial charge in [0.2, 0.25) is 0 Å². The Kier molecular flexibility index (Phi) is 5.80. The molecule has 6 nitrogen and oxygen atoms in total. The molecule has 1 fully saturated rings. The van der Waals surface area contributed by atoms with Crippen molar-refractivity contribution in [3.05, 3.63) is 83.3 Å². The van der Waals surface area contributed by atoms with Crippen molar-refractivity contribution in [1.82, 2.24) is 4.90 Å². The van der Waals surface area contributed by atoms with Gasteiger partial charge in [-0.1, -0.05) is 17.7 Å². The summed E-state index contributed by atoms with van der Waals surface area (Å²) < 4.78 is 5.18. The number of rotatable bonds is 7. The second-order valence-corrected chi connectivity index (χ2v) is 8.20. The quantitative estimate of drug-likeness (QED) is 0.605. The number of carbonyl (C=O) groups is 2. The van der Waals surface area contributed by atoms with E-state index in [1.54, 1.807) is 12.1 Å². The fourth-order valence-corrected chi connectivity index (χ4v) is 3.71. The van der Waals surface area contributed by atoms with Crippen LogP contribution in [0, 0.1) is 6.92 Å². The maximum atomic E-state index is 13.3. The number of aryl methyl sites for hydroxylation is 1. The predicted molar refractivity (Wildman–Crippen MR) is 122 cm³/mol. The largest absolute Gasteiger partial charge is 0.459 e. The Morgan fingerprint density at radius 1 is 1.06 bits per heavy atom. The number of hydrogen-bond acceptors (Lipinski definition) is 4. The monoisotopic (exact) mass is 417 g/mol. The average molecular weight is 418 g/mol. The Hall–Kier alpha value is -3.54. The van der Waals surface area contributed by atoms with E-state index < -0.39 is 0 Å². The molecule has 31 heavy (non-hydrogen) atoms. The molecular weight excluding hydrogens is 390 g/mol. The molecule has 2 amide bonds. The third kappa shape index (κ3) is 4.79. The molecule has 4 rings (SSSR count). The van der Waals surface area contributed by atoms with Crippen LogP contribution in [0.2, 0.25) is 0 Å². The first-order chi connectivity index (χ1) is 14.9. The van der Waals surface area contributed by atoms with Crippen molar-refractivity contribution in [1.29, 1.82) is 0 Å². The lowest BCUT2D eigenvalue weighted by atomic mass is 10.1. The van der Waals surface area contributed by atoms with Gasteiger partial charge in [0.25, 0.3) is 11.8 Å². The predicted octanol–water partition coefficient (Wildman–Crippen LogP) is 4.71. The zero-order valence-electron chi connectivity index (χ0n) is 18.1. The molecule has 2 aromatic carbocycles. The molecule has 6 heteroatoms. The molecule has 3 aromatic rings. The summed E-state index contributed by atoms with van der Waals surface area (Å²) in [5, 5.41) is 2.88. The normalized spacial score (nSPS) is 13.0. The molecule has 0 spiro atoms. The first kappa shape index (κ1) is 20.7. The number of nitrogens with zero attached hydrogens (tertiary/aromatic N) is 2. The number of carbonyl (C=O) groups excluding carboxylic acids is 2. The van der Waals surface area contributed by atoms with Gasteiger partial charge in [0.15, 0.2) is 5.76 Å². The zero-order valence-corrected chi connectivity index (χ0v) is 18.1. The van der Waals surface area contributed by atoms with Gasteiger partial charge in [0.1, 0.15) is 0 Å². The molecule has 1 saturated carbocycles. The van der Waals surface area contributed by atoms with Crippen LogP contribution in [0.25, 0.3) is 0 Å². The van der Waals surface area contributed by atoms with Gasteiger partial charge in [-0.05, 0) is 67.8 Å². The minimum Gasteiger partial charge on any atom is -0.459 e. The highest BCUT2D eigenvalue weighted by Crippen LogP contribution is 2.33. The third-order valence-corrected chi connectivity index (χ3v) is 5.42. The van der Waals surface area contributed by atoms with Crippen LogP contribution in [0.4, 0.5) is 11.4 Å². The maximum absolute atomic E-state index is 13.3. The van der Waals surface area contributed by atoms with E-state index in [1.807, 2.05) is 73.3 Å². The Morgan fingerprint density at radius 2 is 1.87 bits per heavy atom. The maximum Gasteiger partial charge on any atom is 0.291 e. The summed E-state index contributed by atoms with van der Waals surface area (Å²) in [5.74, 6) is -0.00293. The SMILES string of the molecule is Cc1cccc(C(=O)N(Cc2cc(NC(=O)c3ccco3)ccc2N(C)C)C2CC2)c1. The van der Waals surface area contributed by atoms with E-state index in [2.05, 4.69) is 5.32 Å². The molecule has 1 heterocycles. The summed E-state index contributed by atoms with van der Waals surface area (Å²) >= 11 is 0. The molecule has 0 saturated heterocycles. The van der Waals surface area contributed by atoms with E-state index in [0.29, 0.717) is 17.8 Å². The van der Waals surface area contributed by atoms with Gasteiger partial charge >= 0.3 is 0 Å². The number of nitrogens with one attached hydrogen (secondary N) is 1. The molecule has 0 atom stereocenters. The van der Waals surface area contributed by atoms with Gasteiger partial charge in [-0.3, -0.25) is 9.59 Å². The molecule has 1 aromatic heterocycles. The molecular formula is C25H27N3O3. The average Bonchev–Trinajstić information content (AvgIpc) is 3.43. The number of furan rings is 1. The van der Waals surface area contributed by atoms with Gasteiger partial charge in [0, 0.05) is 43.6 Å². The van der Waals surface area contributed by atoms with Gasteiger partial charge in [0.05, 0.1) is 6.26 Å². The summed E-state index contributed by atoms with van der Waals surface area (Å²) in [5.41, 5.74) is 4.44. The molecule has 0 bridgehead atoms. The minimum absolute atomic E-state index is 0.0425. The van der Waals surface area contributed by atoms with E-state index in [-0.39, 0.29) is 23.6 Å². The van der Waals surface area contributed by atoms with Crippen LogP contribution in [0.5, 0.6) is 0 Å². The first-order valence-corrected chi connectivity index (χ1v) is 10.4. The van der Waals surface area contributed by atoms with E-state index in [0.717, 1.165) is 29.7 Å². The lowest BCUT2D eigenvalue weighted by Gasteiger charge is -2.26. The number of anilines is 2. The van der Waals surface area contributed by atoms with Gasteiger partial charge in [-0.2, -0.15) is 0 Å². The minimum atomic E-state index is -0.302. The first-order valence-electron chi connectivity index (χ1n) is 10.4. The number of benzene rings is 2. The second kappa shape index (κ2) is 8.68. The van der Waals surface area contributed by atoms with Crippen molar-refractivity contribution >= 4 is 23.2 Å². The lowest BCUT2D eigenvalue weighted by molar-refractivity contribution is 0.0730. The Morgan fingerprint density at radius 3 is 2.52 bits per heavy atom. The second-order valence-electron chi connectivity index (χ2n) is 8.20. The highest BCUT2D eigenvalue weighted by atomic mass is 16.3. The number of hydrogen-bond donors (Lipinski definition) is 1. The van der Waals surface area contributed by atoms with Crippen LogP contribution in [-0.4, -0.2) is 36.9 Å². The van der Waals surface area contributed by atoms with Gasteiger partial charge in [-0.25, -0.2) is 0 Å². The highest BCUT2D eigenvalue weighted by molar-refractivity contribution is 6.02. The topological polar surface area (TPSA) is 65.8 Å². The summed E-state index contributed by atoms with van der Waals surface area (Å²) in [7, 11) is 3.95. The van der Waals surface area contributed by atoms with Crippen LogP contribution in [0.15, 0.2) is 65.3 Å². The smallest absolute Gasteiger partial charge is 0.291 e. The van der Waals surface area contributed by atoms with Crippen molar-refractivity contribution < 1.29 is 14.0 Å². The van der Waals surface area contributed by atoms with Crippen LogP contribution in [-0.2, 0) is 6.54 Å². The Labute approximate surface area is 182 Å². The fraction of sp³-hybridized carbons (Fsp3) is 0.280. The Balaban J connectivity index is 1.61. The molecule has 1 aliphatic carbocycles. The van der Waals surface area contributed by atoms with Gasteiger partial charge < -0.3 is 19.5 Å². The summed E-state index contributed by atoms with van der Waals surface area (Å²) in [6, 6.07) is 17.1. The molecule has 1 aliphatic rings. The van der Waals surface area contributed by atoms with E-state index in [1.165, 1.54) is 6.26 Å². The standard InChI is InChI=1S/C25H27N3O3/c1-17-6-4-7-18(14-17)25(30)28(21-10-11-21)16-19-15-20(9-12-22(19)27(2)3)26-24(29)23-8-5-13-31-23/h4-9,12-15,21H,10-11,16H2,1-3H3,(H,26,29). The van der Waals surface area contributed by atoms with Crippen molar-refractivity contribution in [2.24, 2.45) is 0 Å². The lowest BCUT2D eigenvalue weighted by Crippen LogP contribution is -2.33. The van der Waals surface area contributed by atoms with E-state index in [9.17, 15) is 9.59 Å². The molecule has 0 unspecified atom stereocenters. The van der Waals surface area contributed by atoms with Crippen LogP contribution >= 0.6 is 0 Å². The summed E-state index contributed by atoms with van der Waals surface area (Å²) in [4.78, 5) is 29.7. The fourth-order valence-electron chi connectivity index (χ4n) is 3.71.